The van der Waals surface area contributed by atoms with E-state index in [0.29, 0.717) is 12.5 Å². The fourth-order valence-corrected chi connectivity index (χ4v) is 2.66. The summed E-state index contributed by atoms with van der Waals surface area (Å²) in [6, 6.07) is 5.76. The predicted octanol–water partition coefficient (Wildman–Crippen LogP) is 1.57. The van der Waals surface area contributed by atoms with Crippen LogP contribution in [0.3, 0.4) is 0 Å². The van der Waals surface area contributed by atoms with Gasteiger partial charge in [0.05, 0.1) is 0 Å². The van der Waals surface area contributed by atoms with Crippen molar-refractivity contribution in [2.45, 2.75) is 18.4 Å². The lowest BCUT2D eigenvalue weighted by Gasteiger charge is -2.32. The Labute approximate surface area is 107 Å². The molecule has 4 heteroatoms. The molecule has 0 spiro atoms. The van der Waals surface area contributed by atoms with E-state index in [9.17, 15) is 5.11 Å². The molecule has 1 saturated carbocycles. The average molecular weight is 249 g/mol. The van der Waals surface area contributed by atoms with Gasteiger partial charge in [-0.1, -0.05) is 6.07 Å². The van der Waals surface area contributed by atoms with Gasteiger partial charge in [-0.25, -0.2) is 0 Å². The number of fused-ring (bicyclic) bond motifs is 1. The zero-order valence-electron chi connectivity index (χ0n) is 10.8. The molecule has 0 amide bonds. The summed E-state index contributed by atoms with van der Waals surface area (Å²) in [5.41, 5.74) is 0.160. The topological polar surface area (TPSA) is 41.9 Å². The van der Waals surface area contributed by atoms with Crippen LogP contribution in [0, 0.1) is 5.92 Å². The molecule has 1 atom stereocenters. The maximum atomic E-state index is 11.0. The van der Waals surface area contributed by atoms with Crippen molar-refractivity contribution < 1.29 is 14.6 Å². The third-order valence-corrected chi connectivity index (χ3v) is 3.68. The predicted molar refractivity (Wildman–Crippen MR) is 67.7 cm³/mol. The van der Waals surface area contributed by atoms with Gasteiger partial charge in [0.1, 0.15) is 5.60 Å². The number of nitrogens with zero attached hydrogens (tertiary/aromatic N) is 1. The highest BCUT2D eigenvalue weighted by Crippen LogP contribution is 2.47. The summed E-state index contributed by atoms with van der Waals surface area (Å²) in [7, 11) is 3.97. The van der Waals surface area contributed by atoms with Crippen molar-refractivity contribution in [3.8, 4) is 11.5 Å². The molecule has 1 aromatic rings. The molecule has 0 bridgehead atoms. The Morgan fingerprint density at radius 1 is 1.28 bits per heavy atom. The largest absolute Gasteiger partial charge is 0.454 e. The molecule has 3 rings (SSSR count). The summed E-state index contributed by atoms with van der Waals surface area (Å²) >= 11 is 0. The van der Waals surface area contributed by atoms with Crippen LogP contribution in [0.1, 0.15) is 18.4 Å². The molecule has 0 saturated heterocycles. The lowest BCUT2D eigenvalue weighted by atomic mass is 9.88. The molecule has 1 heterocycles. The minimum Gasteiger partial charge on any atom is -0.454 e. The molecule has 0 radical (unpaired) electrons. The van der Waals surface area contributed by atoms with Crippen LogP contribution < -0.4 is 9.47 Å². The first-order chi connectivity index (χ1) is 8.59. The zero-order chi connectivity index (χ0) is 12.8. The van der Waals surface area contributed by atoms with E-state index in [4.69, 9.17) is 9.47 Å². The van der Waals surface area contributed by atoms with Crippen molar-refractivity contribution in [1.82, 2.24) is 4.90 Å². The highest BCUT2D eigenvalue weighted by molar-refractivity contribution is 5.46. The van der Waals surface area contributed by atoms with Crippen LogP contribution in [-0.2, 0) is 5.60 Å². The van der Waals surface area contributed by atoms with Gasteiger partial charge in [-0.15, -0.1) is 0 Å². The second-order valence-electron chi connectivity index (χ2n) is 5.50. The second-order valence-corrected chi connectivity index (χ2v) is 5.50. The third kappa shape index (κ3) is 1.95. The lowest BCUT2D eigenvalue weighted by Crippen LogP contribution is -2.39. The van der Waals surface area contributed by atoms with E-state index in [1.54, 1.807) is 0 Å². The van der Waals surface area contributed by atoms with Crippen LogP contribution in [0.4, 0.5) is 0 Å². The second kappa shape index (κ2) is 4.14. The molecule has 0 aromatic heterocycles. The number of benzene rings is 1. The molecule has 1 unspecified atom stereocenters. The molecule has 1 aliphatic carbocycles. The third-order valence-electron chi connectivity index (χ3n) is 3.68. The normalized spacial score (nSPS) is 21.1. The smallest absolute Gasteiger partial charge is 0.231 e. The monoisotopic (exact) mass is 249 g/mol. The lowest BCUT2D eigenvalue weighted by molar-refractivity contribution is -0.0101. The Bertz CT molecular complexity index is 456. The van der Waals surface area contributed by atoms with Crippen LogP contribution in [0.25, 0.3) is 0 Å². The van der Waals surface area contributed by atoms with Crippen molar-refractivity contribution in [2.24, 2.45) is 5.92 Å². The van der Waals surface area contributed by atoms with E-state index in [0.717, 1.165) is 29.9 Å². The number of hydrogen-bond acceptors (Lipinski definition) is 4. The fraction of sp³-hybridized carbons (Fsp3) is 0.571. The maximum Gasteiger partial charge on any atom is 0.231 e. The van der Waals surface area contributed by atoms with Crippen molar-refractivity contribution in [3.05, 3.63) is 23.8 Å². The number of aliphatic hydroxyl groups is 1. The Morgan fingerprint density at radius 3 is 2.67 bits per heavy atom. The summed E-state index contributed by atoms with van der Waals surface area (Å²) < 4.78 is 10.7. The highest BCUT2D eigenvalue weighted by atomic mass is 16.7. The molecule has 1 fully saturated rings. The van der Waals surface area contributed by atoms with E-state index in [1.807, 2.05) is 37.2 Å². The number of likely N-dealkylation sites (N-methyl/N-ethyl adjacent to an activating group) is 1. The molecular weight excluding hydrogens is 230 g/mol. The summed E-state index contributed by atoms with van der Waals surface area (Å²) in [5.74, 6) is 1.87. The van der Waals surface area contributed by atoms with Gasteiger partial charge in [0.2, 0.25) is 6.79 Å². The summed E-state index contributed by atoms with van der Waals surface area (Å²) in [5, 5.41) is 11.0. The van der Waals surface area contributed by atoms with E-state index < -0.39 is 5.60 Å². The van der Waals surface area contributed by atoms with Gasteiger partial charge in [0, 0.05) is 6.54 Å². The number of hydrogen-bond donors (Lipinski definition) is 1. The SMILES string of the molecule is CN(C)CC(O)(c1ccc2c(c1)OCO2)C1CC1. The van der Waals surface area contributed by atoms with Gasteiger partial charge in [0.15, 0.2) is 11.5 Å². The first kappa shape index (κ1) is 11.8. The Balaban J connectivity index is 1.94. The Kier molecular flexibility index (Phi) is 2.72. The molecule has 98 valence electrons. The van der Waals surface area contributed by atoms with Gasteiger partial charge in [-0.2, -0.15) is 0 Å². The fourth-order valence-electron chi connectivity index (χ4n) is 2.66. The summed E-state index contributed by atoms with van der Waals surface area (Å²) in [6.45, 7) is 0.908. The van der Waals surface area contributed by atoms with Crippen molar-refractivity contribution >= 4 is 0 Å². The van der Waals surface area contributed by atoms with Crippen molar-refractivity contribution in [1.29, 1.82) is 0 Å². The van der Waals surface area contributed by atoms with Crippen molar-refractivity contribution in [3.63, 3.8) is 0 Å². The zero-order valence-corrected chi connectivity index (χ0v) is 10.8. The van der Waals surface area contributed by atoms with Crippen LogP contribution in [-0.4, -0.2) is 37.4 Å². The van der Waals surface area contributed by atoms with E-state index in [1.165, 1.54) is 0 Å². The Morgan fingerprint density at radius 2 is 2.00 bits per heavy atom. The van der Waals surface area contributed by atoms with E-state index >= 15 is 0 Å². The minimum absolute atomic E-state index is 0.272. The minimum atomic E-state index is -0.773. The molecule has 4 nitrogen and oxygen atoms in total. The first-order valence-electron chi connectivity index (χ1n) is 6.37. The molecule has 1 aromatic carbocycles. The summed E-state index contributed by atoms with van der Waals surface area (Å²) in [4.78, 5) is 2.03. The Hall–Kier alpha value is -1.26. The quantitative estimate of drug-likeness (QED) is 0.879. The summed E-state index contributed by atoms with van der Waals surface area (Å²) in [6.07, 6.45) is 2.19. The van der Waals surface area contributed by atoms with Gasteiger partial charge >= 0.3 is 0 Å². The number of rotatable bonds is 4. The first-order valence-corrected chi connectivity index (χ1v) is 6.37. The van der Waals surface area contributed by atoms with Crippen LogP contribution >= 0.6 is 0 Å². The molecular formula is C14H19NO3. The molecule has 1 N–H and O–H groups in total. The average Bonchev–Trinajstić information content (AvgIpc) is 3.07. The molecule has 1 aliphatic heterocycles. The standard InChI is InChI=1S/C14H19NO3/c1-15(2)8-14(16,10-3-4-10)11-5-6-12-13(7-11)18-9-17-12/h5-7,10,16H,3-4,8-9H2,1-2H3. The van der Waals surface area contributed by atoms with E-state index in [-0.39, 0.29) is 6.79 Å². The van der Waals surface area contributed by atoms with Crippen LogP contribution in [0.2, 0.25) is 0 Å². The van der Waals surface area contributed by atoms with Gasteiger partial charge in [-0.05, 0) is 50.6 Å². The molecule has 18 heavy (non-hydrogen) atoms. The van der Waals surface area contributed by atoms with Gasteiger partial charge in [0.25, 0.3) is 0 Å². The highest BCUT2D eigenvalue weighted by Gasteiger charge is 2.45. The molecule has 2 aliphatic rings. The number of ether oxygens (including phenoxy) is 2. The van der Waals surface area contributed by atoms with Crippen LogP contribution in [0.15, 0.2) is 18.2 Å². The van der Waals surface area contributed by atoms with Gasteiger partial charge in [-0.3, -0.25) is 0 Å². The van der Waals surface area contributed by atoms with Crippen molar-refractivity contribution in [2.75, 3.05) is 27.4 Å². The van der Waals surface area contributed by atoms with Crippen LogP contribution in [0.5, 0.6) is 11.5 Å². The maximum absolute atomic E-state index is 11.0. The van der Waals surface area contributed by atoms with E-state index in [2.05, 4.69) is 0 Å². The van der Waals surface area contributed by atoms with Gasteiger partial charge < -0.3 is 19.5 Å².